The van der Waals surface area contributed by atoms with Gasteiger partial charge in [0, 0.05) is 17.5 Å². The van der Waals surface area contributed by atoms with Crippen LogP contribution in [0.3, 0.4) is 0 Å². The third kappa shape index (κ3) is 3.01. The van der Waals surface area contributed by atoms with Crippen LogP contribution in [0.1, 0.15) is 29.6 Å². The lowest BCUT2D eigenvalue weighted by Gasteiger charge is -2.40. The number of nitrogens with one attached hydrogen (secondary N) is 1. The van der Waals surface area contributed by atoms with Crippen molar-refractivity contribution < 1.29 is 4.79 Å². The molecule has 0 radical (unpaired) electrons. The number of hydrogen-bond acceptors (Lipinski definition) is 3. The van der Waals surface area contributed by atoms with Gasteiger partial charge in [0.2, 0.25) is 0 Å². The number of nitrogens with zero attached hydrogens (tertiary/aromatic N) is 1. The maximum Gasteiger partial charge on any atom is 0.252 e. The summed E-state index contributed by atoms with van der Waals surface area (Å²) in [5.41, 5.74) is 0.615. The second-order valence-electron chi connectivity index (χ2n) is 4.29. The summed E-state index contributed by atoms with van der Waals surface area (Å²) in [4.78, 5) is 15.9. The number of pyridine rings is 1. The van der Waals surface area contributed by atoms with Crippen LogP contribution in [-0.4, -0.2) is 28.4 Å². The molecule has 1 aliphatic rings. The summed E-state index contributed by atoms with van der Waals surface area (Å²) >= 11 is 5.11. The van der Waals surface area contributed by atoms with Crippen LogP contribution in [0.25, 0.3) is 0 Å². The number of amides is 1. The molecular weight excluding hydrogens is 300 g/mol. The zero-order valence-corrected chi connectivity index (χ0v) is 12.1. The number of thioether (sulfide) groups is 1. The van der Waals surface area contributed by atoms with Crippen LogP contribution in [0.5, 0.6) is 0 Å². The molecule has 0 bridgehead atoms. The van der Waals surface area contributed by atoms with Crippen LogP contribution in [0.4, 0.5) is 0 Å². The Morgan fingerprint density at radius 2 is 2.35 bits per heavy atom. The third-order valence-corrected chi connectivity index (χ3v) is 5.15. The lowest BCUT2D eigenvalue weighted by atomic mass is 9.84. The van der Waals surface area contributed by atoms with Gasteiger partial charge in [-0.15, -0.1) is 0 Å². The predicted molar refractivity (Wildman–Crippen MR) is 74.4 cm³/mol. The van der Waals surface area contributed by atoms with Gasteiger partial charge in [0.25, 0.3) is 5.91 Å². The van der Waals surface area contributed by atoms with Gasteiger partial charge in [-0.25, -0.2) is 4.98 Å². The van der Waals surface area contributed by atoms with E-state index in [0.29, 0.717) is 5.56 Å². The third-order valence-electron chi connectivity index (χ3n) is 3.26. The van der Waals surface area contributed by atoms with Gasteiger partial charge >= 0.3 is 0 Å². The molecule has 1 fully saturated rings. The average molecular weight is 315 g/mol. The van der Waals surface area contributed by atoms with E-state index in [9.17, 15) is 4.79 Å². The van der Waals surface area contributed by atoms with Crippen LogP contribution in [0.2, 0.25) is 0 Å². The van der Waals surface area contributed by atoms with Gasteiger partial charge in [0.05, 0.1) is 5.56 Å². The van der Waals surface area contributed by atoms with Crippen molar-refractivity contribution in [2.75, 3.05) is 12.8 Å². The van der Waals surface area contributed by atoms with Gasteiger partial charge in [-0.2, -0.15) is 11.8 Å². The van der Waals surface area contributed by atoms with Gasteiger partial charge in [0.1, 0.15) is 4.60 Å². The minimum absolute atomic E-state index is 0.0367. The van der Waals surface area contributed by atoms with Crippen LogP contribution in [-0.2, 0) is 0 Å². The zero-order valence-electron chi connectivity index (χ0n) is 9.70. The summed E-state index contributed by atoms with van der Waals surface area (Å²) in [5, 5.41) is 3.00. The SMILES string of the molecule is CSC1(CNC(=O)c2ccc(Br)nc2)CCC1. The Kier molecular flexibility index (Phi) is 4.09. The maximum absolute atomic E-state index is 11.9. The molecule has 17 heavy (non-hydrogen) atoms. The van der Waals surface area contributed by atoms with Crippen LogP contribution in [0, 0.1) is 0 Å². The molecule has 5 heteroatoms. The minimum Gasteiger partial charge on any atom is -0.351 e. The minimum atomic E-state index is -0.0367. The van der Waals surface area contributed by atoms with E-state index < -0.39 is 0 Å². The molecule has 2 rings (SSSR count). The van der Waals surface area contributed by atoms with E-state index in [0.717, 1.165) is 11.1 Å². The van der Waals surface area contributed by atoms with Crippen molar-refractivity contribution in [3.8, 4) is 0 Å². The number of hydrogen-bond donors (Lipinski definition) is 1. The molecule has 1 aliphatic carbocycles. The van der Waals surface area contributed by atoms with E-state index in [2.05, 4.69) is 32.5 Å². The monoisotopic (exact) mass is 314 g/mol. The van der Waals surface area contributed by atoms with Crippen molar-refractivity contribution in [1.29, 1.82) is 0 Å². The van der Waals surface area contributed by atoms with Crippen molar-refractivity contribution >= 4 is 33.6 Å². The van der Waals surface area contributed by atoms with Gasteiger partial charge in [-0.05, 0) is 47.2 Å². The Hall–Kier alpha value is -0.550. The number of carbonyl (C=O) groups is 1. The largest absolute Gasteiger partial charge is 0.351 e. The molecule has 0 atom stereocenters. The lowest BCUT2D eigenvalue weighted by Crippen LogP contribution is -2.45. The van der Waals surface area contributed by atoms with Crippen LogP contribution in [0.15, 0.2) is 22.9 Å². The first kappa shape index (κ1) is 12.9. The molecule has 0 unspecified atom stereocenters. The first-order valence-electron chi connectivity index (χ1n) is 5.60. The van der Waals surface area contributed by atoms with E-state index in [-0.39, 0.29) is 10.7 Å². The van der Waals surface area contributed by atoms with Crippen LogP contribution >= 0.6 is 27.7 Å². The molecule has 0 spiro atoms. The number of aromatic nitrogens is 1. The molecule has 0 aliphatic heterocycles. The number of halogens is 1. The quantitative estimate of drug-likeness (QED) is 0.869. The highest BCUT2D eigenvalue weighted by Gasteiger charge is 2.36. The predicted octanol–water partition coefficient (Wildman–Crippen LogP) is 2.86. The second kappa shape index (κ2) is 5.40. The second-order valence-corrected chi connectivity index (χ2v) is 6.38. The fraction of sp³-hybridized carbons (Fsp3) is 0.500. The van der Waals surface area contributed by atoms with E-state index in [1.165, 1.54) is 19.3 Å². The molecule has 1 aromatic heterocycles. The van der Waals surface area contributed by atoms with E-state index in [1.807, 2.05) is 11.8 Å². The molecular formula is C12H15BrN2OS. The summed E-state index contributed by atoms with van der Waals surface area (Å²) in [7, 11) is 0. The molecule has 0 saturated heterocycles. The molecule has 1 aromatic rings. The van der Waals surface area contributed by atoms with E-state index in [1.54, 1.807) is 18.3 Å². The summed E-state index contributed by atoms with van der Waals surface area (Å²) in [5.74, 6) is -0.0367. The molecule has 1 amide bonds. The average Bonchev–Trinajstić information content (AvgIpc) is 2.29. The fourth-order valence-corrected chi connectivity index (χ4v) is 3.03. The summed E-state index contributed by atoms with van der Waals surface area (Å²) in [6, 6.07) is 3.56. The summed E-state index contributed by atoms with van der Waals surface area (Å²) < 4.78 is 1.02. The highest BCUT2D eigenvalue weighted by Crippen LogP contribution is 2.42. The smallest absolute Gasteiger partial charge is 0.252 e. The topological polar surface area (TPSA) is 42.0 Å². The van der Waals surface area contributed by atoms with Crippen molar-refractivity contribution in [3.63, 3.8) is 0 Å². The van der Waals surface area contributed by atoms with Crippen molar-refractivity contribution in [1.82, 2.24) is 10.3 Å². The normalized spacial score (nSPS) is 17.3. The standard InChI is InChI=1S/C12H15BrN2OS/c1-17-12(5-2-6-12)8-15-11(16)9-3-4-10(13)14-7-9/h3-4,7H,2,5-6,8H2,1H3,(H,15,16). The van der Waals surface area contributed by atoms with E-state index >= 15 is 0 Å². The molecule has 92 valence electrons. The maximum atomic E-state index is 11.9. The summed E-state index contributed by atoms with van der Waals surface area (Å²) in [6.07, 6.45) is 7.38. The molecule has 1 saturated carbocycles. The highest BCUT2D eigenvalue weighted by atomic mass is 79.9. The van der Waals surface area contributed by atoms with Crippen LogP contribution < -0.4 is 5.32 Å². The van der Waals surface area contributed by atoms with Crippen molar-refractivity contribution in [2.45, 2.75) is 24.0 Å². The Morgan fingerprint density at radius 3 is 2.82 bits per heavy atom. The Morgan fingerprint density at radius 1 is 1.59 bits per heavy atom. The van der Waals surface area contributed by atoms with Gasteiger partial charge in [-0.1, -0.05) is 6.42 Å². The van der Waals surface area contributed by atoms with Gasteiger partial charge < -0.3 is 5.32 Å². The fourth-order valence-electron chi connectivity index (χ4n) is 1.88. The van der Waals surface area contributed by atoms with Crippen molar-refractivity contribution in [3.05, 3.63) is 28.5 Å². The Labute approximate surface area is 114 Å². The van der Waals surface area contributed by atoms with Gasteiger partial charge in [-0.3, -0.25) is 4.79 Å². The lowest BCUT2D eigenvalue weighted by molar-refractivity contribution is 0.0943. The van der Waals surface area contributed by atoms with Crippen molar-refractivity contribution in [2.24, 2.45) is 0 Å². The highest BCUT2D eigenvalue weighted by molar-refractivity contribution is 9.10. The Balaban J connectivity index is 1.91. The Bertz CT molecular complexity index is 398. The molecule has 3 nitrogen and oxygen atoms in total. The first-order valence-corrected chi connectivity index (χ1v) is 7.62. The number of carbonyl (C=O) groups excluding carboxylic acids is 1. The number of rotatable bonds is 4. The molecule has 1 N–H and O–H groups in total. The summed E-state index contributed by atoms with van der Waals surface area (Å²) in [6.45, 7) is 0.753. The first-order chi connectivity index (χ1) is 8.15. The zero-order chi connectivity index (χ0) is 12.3. The van der Waals surface area contributed by atoms with Gasteiger partial charge in [0.15, 0.2) is 0 Å². The van der Waals surface area contributed by atoms with E-state index in [4.69, 9.17) is 0 Å². The molecule has 1 heterocycles. The molecule has 0 aromatic carbocycles.